The van der Waals surface area contributed by atoms with Crippen LogP contribution in [0.15, 0.2) is 91.0 Å². The van der Waals surface area contributed by atoms with Gasteiger partial charge in [-0.1, -0.05) is 115 Å². The van der Waals surface area contributed by atoms with Crippen molar-refractivity contribution in [1.29, 1.82) is 0 Å². The Labute approximate surface area is 324 Å². The first-order chi connectivity index (χ1) is 24.3. The second kappa shape index (κ2) is 16.9. The Morgan fingerprint density at radius 3 is 1.76 bits per heavy atom. The molecule has 0 radical (unpaired) electrons. The highest BCUT2D eigenvalue weighted by molar-refractivity contribution is 7.95. The molecule has 0 bridgehead atoms. The molecule has 0 spiro atoms. The highest BCUT2D eigenvalue weighted by Gasteiger charge is 2.60. The lowest BCUT2D eigenvalue weighted by atomic mass is 9.44. The van der Waals surface area contributed by atoms with E-state index in [9.17, 15) is 0 Å². The van der Waals surface area contributed by atoms with Crippen LogP contribution in [0.5, 0.6) is 0 Å². The molecule has 0 N–H and O–H groups in total. The fraction of sp³-hybridized carbons (Fsp3) is 0.633. The minimum absolute atomic E-state index is 0. The van der Waals surface area contributed by atoms with Crippen LogP contribution in [0.25, 0.3) is 0 Å². The van der Waals surface area contributed by atoms with Gasteiger partial charge in [-0.05, 0) is 165 Å². The Morgan fingerprint density at radius 1 is 0.608 bits per heavy atom. The van der Waals surface area contributed by atoms with E-state index in [0.29, 0.717) is 10.8 Å². The summed E-state index contributed by atoms with van der Waals surface area (Å²) in [7, 11) is -1.71. The largest absolute Gasteiger partial charge is 1.00 e. The number of benzene rings is 3. The molecule has 2 heteroatoms. The zero-order valence-electron chi connectivity index (χ0n) is 32.9. The molecule has 3 aromatic carbocycles. The molecular formula is C49H70BrP. The van der Waals surface area contributed by atoms with Crippen molar-refractivity contribution in [2.45, 2.75) is 131 Å². The zero-order chi connectivity index (χ0) is 34.8. The first-order valence-corrected chi connectivity index (χ1v) is 23.3. The van der Waals surface area contributed by atoms with Gasteiger partial charge in [-0.2, -0.15) is 0 Å². The van der Waals surface area contributed by atoms with Gasteiger partial charge in [0.25, 0.3) is 0 Å². The number of rotatable bonds is 13. The topological polar surface area (TPSA) is 0 Å². The average molecular weight is 770 g/mol. The van der Waals surface area contributed by atoms with Gasteiger partial charge in [0.1, 0.15) is 23.2 Å². The Hall–Kier alpha value is -1.43. The third-order valence-corrected chi connectivity index (χ3v) is 20.4. The SMILES string of the molecule is CC(C)CCC[C@@H](C)[C@H]1CC[C@H]2[C@@H]3CC[C@H]4C[C@@H](CCCC[P+](c5ccccc5)(c5ccccc5)c5ccccc5)CC[C@]4(C)[C@H]3CC[C@]12C.[Br-]. The van der Waals surface area contributed by atoms with Crippen LogP contribution in [0, 0.1) is 58.2 Å². The molecule has 51 heavy (non-hydrogen) atoms. The summed E-state index contributed by atoms with van der Waals surface area (Å²) in [6.45, 7) is 13.0. The van der Waals surface area contributed by atoms with E-state index in [1.165, 1.54) is 89.6 Å². The number of fused-ring (bicyclic) bond motifs is 5. The van der Waals surface area contributed by atoms with Crippen molar-refractivity contribution in [3.63, 3.8) is 0 Å². The van der Waals surface area contributed by atoms with E-state index in [-0.39, 0.29) is 17.0 Å². The fourth-order valence-corrected chi connectivity index (χ4v) is 17.7. The van der Waals surface area contributed by atoms with Gasteiger partial charge in [0, 0.05) is 0 Å². The fourth-order valence-electron chi connectivity index (χ4n) is 13.3. The highest BCUT2D eigenvalue weighted by atomic mass is 79.9. The smallest absolute Gasteiger partial charge is 0.112 e. The molecule has 3 aromatic rings. The van der Waals surface area contributed by atoms with Crippen LogP contribution < -0.4 is 32.9 Å². The van der Waals surface area contributed by atoms with Crippen LogP contribution in [0.2, 0.25) is 0 Å². The van der Waals surface area contributed by atoms with E-state index in [0.717, 1.165) is 47.3 Å². The summed E-state index contributed by atoms with van der Waals surface area (Å²) in [5.41, 5.74) is 1.23. The highest BCUT2D eigenvalue weighted by Crippen LogP contribution is 2.69. The summed E-state index contributed by atoms with van der Waals surface area (Å²) in [5.74, 6) is 7.71. The molecule has 9 atom stereocenters. The minimum atomic E-state index is -1.71. The van der Waals surface area contributed by atoms with E-state index in [4.69, 9.17) is 0 Å². The molecule has 0 unspecified atom stereocenters. The predicted octanol–water partition coefficient (Wildman–Crippen LogP) is 9.89. The predicted molar refractivity (Wildman–Crippen MR) is 220 cm³/mol. The van der Waals surface area contributed by atoms with Gasteiger partial charge in [0.2, 0.25) is 0 Å². The van der Waals surface area contributed by atoms with Crippen LogP contribution in [0.3, 0.4) is 0 Å². The third-order valence-electron chi connectivity index (χ3n) is 15.9. The second-order valence-corrected chi connectivity index (χ2v) is 22.5. The Bertz CT molecular complexity index is 1390. The molecule has 4 fully saturated rings. The summed E-state index contributed by atoms with van der Waals surface area (Å²) >= 11 is 0. The normalized spacial score (nSPS) is 32.4. The molecule has 0 heterocycles. The molecule has 4 saturated carbocycles. The molecule has 4 aliphatic carbocycles. The molecule has 0 aliphatic heterocycles. The van der Waals surface area contributed by atoms with Crippen molar-refractivity contribution in [2.75, 3.05) is 6.16 Å². The molecule has 0 nitrogen and oxygen atoms in total. The summed E-state index contributed by atoms with van der Waals surface area (Å²) in [5, 5.41) is 4.63. The van der Waals surface area contributed by atoms with E-state index >= 15 is 0 Å². The van der Waals surface area contributed by atoms with E-state index in [1.807, 2.05) is 0 Å². The van der Waals surface area contributed by atoms with Crippen molar-refractivity contribution in [3.05, 3.63) is 91.0 Å². The third kappa shape index (κ3) is 7.75. The number of hydrogen-bond donors (Lipinski definition) is 0. The van der Waals surface area contributed by atoms with Gasteiger partial charge in [-0.15, -0.1) is 0 Å². The molecule has 0 amide bonds. The van der Waals surface area contributed by atoms with Crippen molar-refractivity contribution >= 4 is 23.2 Å². The van der Waals surface area contributed by atoms with Gasteiger partial charge in [0.05, 0.1) is 6.16 Å². The summed E-state index contributed by atoms with van der Waals surface area (Å²) in [6.07, 6.45) is 23.5. The Balaban J connectivity index is 0.00000448. The summed E-state index contributed by atoms with van der Waals surface area (Å²) in [6, 6.07) is 34.6. The molecule has 0 saturated heterocycles. The maximum atomic E-state index is 2.80. The number of hydrogen-bond acceptors (Lipinski definition) is 0. The molecular weight excluding hydrogens is 699 g/mol. The standard InChI is InChI=1S/C49H70P.BrH/c1-37(2)18-17-19-38(3)45-29-30-46-44-28-27-40-36-39(31-33-48(40,4)47(44)32-34-49(45,46)5)20-15-16-35-50(41-21-9-6-10-22-41,42-23-11-7-12-24-42)43-25-13-8-14-26-43;/h6-14,21-26,37-40,44-47H,15-20,27-36H2,1-5H3;1H/q+1;/p-1/t38-,39+,40+,44+,45-,46+,47+,48+,49-;/m1./s1. The molecule has 278 valence electrons. The molecule has 0 aromatic heterocycles. The quantitative estimate of drug-likeness (QED) is 0.120. The lowest BCUT2D eigenvalue weighted by Crippen LogP contribution is -3.00. The lowest BCUT2D eigenvalue weighted by molar-refractivity contribution is -0.121. The Morgan fingerprint density at radius 2 is 1.18 bits per heavy atom. The molecule has 7 rings (SSSR count). The van der Waals surface area contributed by atoms with Crippen molar-refractivity contribution in [2.24, 2.45) is 58.2 Å². The van der Waals surface area contributed by atoms with Crippen LogP contribution in [0.4, 0.5) is 0 Å². The lowest BCUT2D eigenvalue weighted by Gasteiger charge is -2.61. The Kier molecular flexibility index (Phi) is 13.0. The van der Waals surface area contributed by atoms with Crippen LogP contribution in [0.1, 0.15) is 131 Å². The van der Waals surface area contributed by atoms with Gasteiger partial charge in [-0.25, -0.2) is 0 Å². The van der Waals surface area contributed by atoms with Crippen LogP contribution >= 0.6 is 7.26 Å². The summed E-state index contributed by atoms with van der Waals surface area (Å²) < 4.78 is 0. The van der Waals surface area contributed by atoms with E-state index in [2.05, 4.69) is 126 Å². The van der Waals surface area contributed by atoms with Gasteiger partial charge in [0.15, 0.2) is 0 Å². The first kappa shape index (κ1) is 39.3. The monoisotopic (exact) mass is 768 g/mol. The van der Waals surface area contributed by atoms with Crippen molar-refractivity contribution in [1.82, 2.24) is 0 Å². The first-order valence-electron chi connectivity index (χ1n) is 21.3. The van der Waals surface area contributed by atoms with Gasteiger partial charge in [-0.3, -0.25) is 0 Å². The van der Waals surface area contributed by atoms with Crippen molar-refractivity contribution in [3.8, 4) is 0 Å². The van der Waals surface area contributed by atoms with Gasteiger partial charge >= 0.3 is 0 Å². The van der Waals surface area contributed by atoms with Crippen LogP contribution in [-0.4, -0.2) is 6.16 Å². The van der Waals surface area contributed by atoms with E-state index < -0.39 is 7.26 Å². The minimum Gasteiger partial charge on any atom is -1.00 e. The van der Waals surface area contributed by atoms with Crippen molar-refractivity contribution < 1.29 is 17.0 Å². The van der Waals surface area contributed by atoms with E-state index in [1.54, 1.807) is 28.8 Å². The second-order valence-electron chi connectivity index (χ2n) is 18.9. The summed E-state index contributed by atoms with van der Waals surface area (Å²) in [4.78, 5) is 0. The average Bonchev–Trinajstić information content (AvgIpc) is 3.50. The van der Waals surface area contributed by atoms with Crippen LogP contribution in [-0.2, 0) is 0 Å². The van der Waals surface area contributed by atoms with Gasteiger partial charge < -0.3 is 17.0 Å². The number of unbranched alkanes of at least 4 members (excludes halogenated alkanes) is 1. The maximum Gasteiger partial charge on any atom is 0.112 e. The molecule has 4 aliphatic rings. The number of halogens is 1. The maximum absolute atomic E-state index is 2.80. The zero-order valence-corrected chi connectivity index (χ0v) is 35.4.